The van der Waals surface area contributed by atoms with Gasteiger partial charge in [-0.25, -0.2) is 4.52 Å². The number of aromatic nitrogens is 2. The van der Waals surface area contributed by atoms with E-state index in [-0.39, 0.29) is 0 Å². The van der Waals surface area contributed by atoms with E-state index in [1.165, 1.54) is 22.3 Å². The topological polar surface area (TPSA) is 29.3 Å². The van der Waals surface area contributed by atoms with Gasteiger partial charge in [0.2, 0.25) is 0 Å². The molecule has 2 aromatic rings. The maximum atomic E-state index is 4.49. The minimum absolute atomic E-state index is 0.537. The average Bonchev–Trinajstić information content (AvgIpc) is 2.82. The van der Waals surface area contributed by atoms with Gasteiger partial charge in [-0.3, -0.25) is 0 Å². The van der Waals surface area contributed by atoms with Crippen LogP contribution in [-0.4, -0.2) is 9.61 Å². The summed E-state index contributed by atoms with van der Waals surface area (Å²) in [7, 11) is 0. The Morgan fingerprint density at radius 1 is 1.33 bits per heavy atom. The van der Waals surface area contributed by atoms with Gasteiger partial charge in [0.05, 0.1) is 17.4 Å². The fraction of sp³-hybridized carbons (Fsp3) is 0.417. The normalized spacial score (nSPS) is 15.1. The van der Waals surface area contributed by atoms with Crippen LogP contribution < -0.4 is 5.32 Å². The number of hydrogen-bond acceptors (Lipinski definition) is 2. The summed E-state index contributed by atoms with van der Waals surface area (Å²) in [6, 6.07) is 4.41. The zero-order valence-corrected chi connectivity index (χ0v) is 9.12. The van der Waals surface area contributed by atoms with E-state index in [9.17, 15) is 0 Å². The number of hydrogen-bond donors (Lipinski definition) is 1. The molecule has 2 aromatic heterocycles. The minimum atomic E-state index is 0.537. The van der Waals surface area contributed by atoms with Crippen LogP contribution in [0, 0.1) is 0 Å². The molecule has 0 saturated carbocycles. The number of fused-ring (bicyclic) bond motifs is 3. The van der Waals surface area contributed by atoms with E-state index in [1.807, 2.05) is 6.20 Å². The second-order valence-corrected chi connectivity index (χ2v) is 4.46. The van der Waals surface area contributed by atoms with Crippen molar-refractivity contribution in [1.82, 2.24) is 14.9 Å². The number of rotatable bonds is 1. The van der Waals surface area contributed by atoms with Crippen molar-refractivity contribution in [2.24, 2.45) is 0 Å². The van der Waals surface area contributed by atoms with Crippen molar-refractivity contribution in [3.05, 3.63) is 35.2 Å². The fourth-order valence-corrected chi connectivity index (χ4v) is 2.27. The predicted octanol–water partition coefficient (Wildman–Crippen LogP) is 2.06. The molecule has 15 heavy (non-hydrogen) atoms. The summed E-state index contributed by atoms with van der Waals surface area (Å²) in [5, 5.41) is 7.85. The van der Waals surface area contributed by atoms with Gasteiger partial charge in [0.25, 0.3) is 0 Å². The lowest BCUT2D eigenvalue weighted by atomic mass is 10.1. The van der Waals surface area contributed by atoms with Crippen LogP contribution >= 0.6 is 0 Å². The first-order chi connectivity index (χ1) is 7.27. The third-order valence-electron chi connectivity index (χ3n) is 3.13. The smallest absolute Gasteiger partial charge is 0.0700 e. The van der Waals surface area contributed by atoms with Gasteiger partial charge in [-0.1, -0.05) is 19.9 Å². The summed E-state index contributed by atoms with van der Waals surface area (Å²) < 4.78 is 2.09. The van der Waals surface area contributed by atoms with Crippen LogP contribution in [0.15, 0.2) is 18.3 Å². The first-order valence-corrected chi connectivity index (χ1v) is 5.46. The third-order valence-corrected chi connectivity index (χ3v) is 3.13. The Hall–Kier alpha value is -1.35. The molecule has 0 fully saturated rings. The summed E-state index contributed by atoms with van der Waals surface area (Å²) in [5.74, 6) is 0.537. The lowest BCUT2D eigenvalue weighted by molar-refractivity contribution is 0.741. The molecular formula is C12H15N3. The lowest BCUT2D eigenvalue weighted by Gasteiger charge is -2.05. The van der Waals surface area contributed by atoms with E-state index in [4.69, 9.17) is 0 Å². The molecule has 0 radical (unpaired) electrons. The standard InChI is InChI=1S/C12H15N3/c1-8(2)10-6-14-15-11(10)4-3-9-5-13-7-12(9)15/h3-4,6,8,13H,5,7H2,1-2H3. The molecule has 3 rings (SSSR count). The van der Waals surface area contributed by atoms with Crippen LogP contribution in [0.3, 0.4) is 0 Å². The van der Waals surface area contributed by atoms with E-state index in [0.717, 1.165) is 13.1 Å². The van der Waals surface area contributed by atoms with E-state index in [1.54, 1.807) is 0 Å². The van der Waals surface area contributed by atoms with E-state index >= 15 is 0 Å². The van der Waals surface area contributed by atoms with Crippen molar-refractivity contribution in [2.75, 3.05) is 0 Å². The van der Waals surface area contributed by atoms with E-state index in [2.05, 4.69) is 40.9 Å². The Morgan fingerprint density at radius 2 is 2.20 bits per heavy atom. The Kier molecular flexibility index (Phi) is 1.83. The first-order valence-electron chi connectivity index (χ1n) is 5.46. The van der Waals surface area contributed by atoms with Crippen molar-refractivity contribution in [1.29, 1.82) is 0 Å². The SMILES string of the molecule is CC(C)c1cnn2c3c(ccc12)CNC3. The van der Waals surface area contributed by atoms with Crippen molar-refractivity contribution in [2.45, 2.75) is 32.9 Å². The molecule has 3 heterocycles. The summed E-state index contributed by atoms with van der Waals surface area (Å²) in [6.07, 6.45) is 2.00. The molecule has 1 N–H and O–H groups in total. The number of pyridine rings is 1. The molecule has 0 spiro atoms. The van der Waals surface area contributed by atoms with Crippen molar-refractivity contribution in [3.8, 4) is 0 Å². The molecule has 0 aliphatic carbocycles. The zero-order chi connectivity index (χ0) is 10.4. The molecule has 78 valence electrons. The van der Waals surface area contributed by atoms with Crippen LogP contribution in [0.2, 0.25) is 0 Å². The average molecular weight is 201 g/mol. The van der Waals surface area contributed by atoms with Gasteiger partial charge in [0.1, 0.15) is 0 Å². The summed E-state index contributed by atoms with van der Waals surface area (Å²) >= 11 is 0. The molecule has 0 bridgehead atoms. The molecule has 3 heteroatoms. The molecule has 0 atom stereocenters. The minimum Gasteiger partial charge on any atom is -0.307 e. The Balaban J connectivity index is 2.30. The van der Waals surface area contributed by atoms with E-state index < -0.39 is 0 Å². The molecule has 0 unspecified atom stereocenters. The van der Waals surface area contributed by atoms with Crippen molar-refractivity contribution < 1.29 is 0 Å². The van der Waals surface area contributed by atoms with Crippen LogP contribution in [-0.2, 0) is 13.1 Å². The van der Waals surface area contributed by atoms with Gasteiger partial charge >= 0.3 is 0 Å². The van der Waals surface area contributed by atoms with Gasteiger partial charge in [0.15, 0.2) is 0 Å². The Morgan fingerprint density at radius 3 is 3.00 bits per heavy atom. The largest absolute Gasteiger partial charge is 0.307 e. The third kappa shape index (κ3) is 1.20. The van der Waals surface area contributed by atoms with Crippen LogP contribution in [0.5, 0.6) is 0 Å². The monoisotopic (exact) mass is 201 g/mol. The van der Waals surface area contributed by atoms with Gasteiger partial charge in [0, 0.05) is 18.7 Å². The maximum Gasteiger partial charge on any atom is 0.0700 e. The maximum absolute atomic E-state index is 4.49. The summed E-state index contributed by atoms with van der Waals surface area (Å²) in [6.45, 7) is 6.33. The highest BCUT2D eigenvalue weighted by Crippen LogP contribution is 2.24. The number of nitrogens with zero attached hydrogens (tertiary/aromatic N) is 2. The van der Waals surface area contributed by atoms with Gasteiger partial charge < -0.3 is 5.32 Å². The highest BCUT2D eigenvalue weighted by molar-refractivity contribution is 5.57. The first kappa shape index (κ1) is 8.92. The van der Waals surface area contributed by atoms with Crippen molar-refractivity contribution in [3.63, 3.8) is 0 Å². The zero-order valence-electron chi connectivity index (χ0n) is 9.12. The quantitative estimate of drug-likeness (QED) is 0.765. The summed E-state index contributed by atoms with van der Waals surface area (Å²) in [4.78, 5) is 0. The fourth-order valence-electron chi connectivity index (χ4n) is 2.27. The van der Waals surface area contributed by atoms with Crippen LogP contribution in [0.4, 0.5) is 0 Å². The molecule has 1 aliphatic heterocycles. The van der Waals surface area contributed by atoms with Gasteiger partial charge in [-0.15, -0.1) is 0 Å². The molecular weight excluding hydrogens is 186 g/mol. The Labute approximate surface area is 89.1 Å². The summed E-state index contributed by atoms with van der Waals surface area (Å²) in [5.41, 5.74) is 5.29. The molecule has 0 amide bonds. The van der Waals surface area contributed by atoms with Crippen LogP contribution in [0.1, 0.15) is 36.6 Å². The van der Waals surface area contributed by atoms with Crippen molar-refractivity contribution >= 4 is 5.52 Å². The van der Waals surface area contributed by atoms with Gasteiger partial charge in [-0.2, -0.15) is 5.10 Å². The van der Waals surface area contributed by atoms with Crippen LogP contribution in [0.25, 0.3) is 5.52 Å². The van der Waals surface area contributed by atoms with E-state index in [0.29, 0.717) is 5.92 Å². The highest BCUT2D eigenvalue weighted by Gasteiger charge is 2.16. The number of nitrogens with one attached hydrogen (secondary N) is 1. The predicted molar refractivity (Wildman–Crippen MR) is 59.8 cm³/mol. The van der Waals surface area contributed by atoms with Gasteiger partial charge in [-0.05, 0) is 17.5 Å². The Bertz CT molecular complexity index is 511. The molecule has 0 saturated heterocycles. The second kappa shape index (κ2) is 3.07. The highest BCUT2D eigenvalue weighted by atomic mass is 15.2. The molecule has 0 aromatic carbocycles. The second-order valence-electron chi connectivity index (χ2n) is 4.46. The molecule has 3 nitrogen and oxygen atoms in total. The lowest BCUT2D eigenvalue weighted by Crippen LogP contribution is -2.02. The molecule has 1 aliphatic rings.